The minimum Gasteiger partial charge on any atom is -0.424 e. The number of fused-ring (bicyclic) bond motifs is 9. The Kier molecular flexibility index (Phi) is 19.9. The molecule has 494 valence electrons. The van der Waals surface area contributed by atoms with E-state index in [-0.39, 0.29) is 66.3 Å². The van der Waals surface area contributed by atoms with Crippen LogP contribution >= 0.6 is 25.8 Å². The number of urea groups is 1. The van der Waals surface area contributed by atoms with E-state index in [2.05, 4.69) is 91.1 Å². The average Bonchev–Trinajstić information content (AvgIpc) is 1.66. The van der Waals surface area contributed by atoms with Crippen molar-refractivity contribution in [2.45, 2.75) is 114 Å². The van der Waals surface area contributed by atoms with Crippen molar-refractivity contribution >= 4 is 107 Å². The van der Waals surface area contributed by atoms with Crippen molar-refractivity contribution in [1.29, 1.82) is 0 Å². The number of rotatable bonds is 19. The van der Waals surface area contributed by atoms with Gasteiger partial charge in [-0.2, -0.15) is 5.48 Å². The number of thiol groups is 1. The van der Waals surface area contributed by atoms with E-state index < -0.39 is 130 Å². The van der Waals surface area contributed by atoms with Crippen molar-refractivity contribution in [2.75, 3.05) is 36.5 Å². The molecule has 93 heavy (non-hydrogen) atoms. The van der Waals surface area contributed by atoms with Crippen LogP contribution < -0.4 is 49.3 Å². The van der Waals surface area contributed by atoms with Gasteiger partial charge in [0.1, 0.15) is 72.4 Å². The highest BCUT2D eigenvalue weighted by atomic mass is 32.7. The normalized spacial score (nSPS) is 25.3. The first kappa shape index (κ1) is 66.1. The maximum absolute atomic E-state index is 16.6. The van der Waals surface area contributed by atoms with Crippen LogP contribution in [0.1, 0.15) is 51.1 Å². The Morgan fingerprint density at radius 3 is 2.24 bits per heavy atom. The van der Waals surface area contributed by atoms with E-state index in [9.17, 15) is 33.4 Å². The number of hydrogen-bond acceptors (Lipinski definition) is 26. The van der Waals surface area contributed by atoms with Crippen molar-refractivity contribution in [1.82, 2.24) is 80.8 Å². The summed E-state index contributed by atoms with van der Waals surface area (Å²) in [6.45, 7) is -3.46. The van der Waals surface area contributed by atoms with E-state index in [0.29, 0.717) is 17.9 Å². The number of alkyl halides is 1. The number of nitrogens with zero attached hydrogens (tertiary/aromatic N) is 11. The number of nitrogen functional groups attached to an aromatic ring is 2. The Hall–Kier alpha value is -8.39. The van der Waals surface area contributed by atoms with E-state index in [1.165, 1.54) is 32.5 Å². The molecule has 9 heterocycles. The lowest BCUT2D eigenvalue weighted by molar-refractivity contribution is -0.134. The lowest BCUT2D eigenvalue weighted by atomic mass is 9.97. The molecule has 4 unspecified atom stereocenters. The summed E-state index contributed by atoms with van der Waals surface area (Å²) >= 11 is 9.65. The molecule has 35 nitrogen and oxygen atoms in total. The summed E-state index contributed by atoms with van der Waals surface area (Å²) in [5.41, 5.74) is 24.4. The Morgan fingerprint density at radius 1 is 0.882 bits per heavy atom. The van der Waals surface area contributed by atoms with Crippen LogP contribution in [0.15, 0.2) is 86.5 Å². The molecule has 11 rings (SSSR count). The second kappa shape index (κ2) is 28.1. The SMILES string of the molecule is C=CCC(NC(=O)[C@H](CCCNC(N)=O)NC(=O)[C@@H](NC(=O)Cn1nnc2c1-c1ccccc1NCc1ccccc1-2)C(C)C)OC(=O)NO[C@@H]1[C@@H]2OP(O)(=S)OC[C@H]3O[C@@H](n4cnc5c(N)ncnc54)[C@H](F)[C@@H]3OP(=O)(S)OCC2O[C@H]1n1cnc2c(N)ncnc21. The van der Waals surface area contributed by atoms with Crippen LogP contribution in [-0.2, 0) is 81.0 Å². The molecule has 40 heteroatoms. The number of nitrogens with one attached hydrogen (secondary N) is 6. The van der Waals surface area contributed by atoms with Crippen LogP contribution in [0.2, 0.25) is 0 Å². The number of amides is 6. The summed E-state index contributed by atoms with van der Waals surface area (Å²) in [6.07, 6.45) is -10.3. The summed E-state index contributed by atoms with van der Waals surface area (Å²) in [7, 11) is 0. The molecular weight excluding hydrogens is 1300 g/mol. The second-order valence-corrected chi connectivity index (χ2v) is 27.5. The Morgan fingerprint density at radius 2 is 1.54 bits per heavy atom. The smallest absolute Gasteiger partial charge is 0.424 e. The topological polar surface area (TPSA) is 465 Å². The van der Waals surface area contributed by atoms with Gasteiger partial charge in [0.05, 0.1) is 31.6 Å². The van der Waals surface area contributed by atoms with Crippen LogP contribution in [0, 0.1) is 5.92 Å². The Bertz CT molecular complexity index is 4080. The minimum atomic E-state index is -4.64. The molecule has 4 aliphatic heterocycles. The van der Waals surface area contributed by atoms with Crippen LogP contribution in [0.3, 0.4) is 0 Å². The minimum absolute atomic E-state index is 0.00341. The number of ether oxygens (including phenoxy) is 3. The summed E-state index contributed by atoms with van der Waals surface area (Å²) < 4.78 is 76.0. The fourth-order valence-corrected chi connectivity index (χ4v) is 13.8. The predicted octanol–water partition coefficient (Wildman–Crippen LogP) is 2.71. The third-order valence-electron chi connectivity index (χ3n) is 15.2. The highest BCUT2D eigenvalue weighted by molar-refractivity contribution is 8.44. The van der Waals surface area contributed by atoms with Crippen molar-refractivity contribution in [3.8, 4) is 22.5 Å². The number of hydroxylamine groups is 1. The van der Waals surface area contributed by atoms with Gasteiger partial charge in [0.2, 0.25) is 17.7 Å². The number of halogens is 1. The Labute approximate surface area is 537 Å². The maximum atomic E-state index is 16.6. The molecule has 0 radical (unpaired) electrons. The van der Waals surface area contributed by atoms with Gasteiger partial charge in [0, 0.05) is 36.3 Å². The monoisotopic (exact) mass is 1360 g/mol. The molecule has 0 bridgehead atoms. The zero-order valence-corrected chi connectivity index (χ0v) is 52.7. The molecular formula is C53H63FN20O15P2S2. The fourth-order valence-electron chi connectivity index (χ4n) is 10.9. The first-order chi connectivity index (χ1) is 44.6. The second-order valence-electron chi connectivity index (χ2n) is 21.8. The van der Waals surface area contributed by atoms with E-state index in [0.717, 1.165) is 35.0 Å². The van der Waals surface area contributed by atoms with Crippen molar-refractivity contribution in [3.05, 3.63) is 92.1 Å². The number of benzene rings is 2. The number of anilines is 3. The molecule has 3 fully saturated rings. The first-order valence-electron chi connectivity index (χ1n) is 28.7. The number of primary amides is 1. The van der Waals surface area contributed by atoms with E-state index >= 15 is 4.39 Å². The van der Waals surface area contributed by atoms with Gasteiger partial charge in [0.15, 0.2) is 53.9 Å². The molecule has 13 atom stereocenters. The molecule has 6 amide bonds. The molecule has 4 aliphatic rings. The summed E-state index contributed by atoms with van der Waals surface area (Å²) in [6, 6.07) is 11.8. The number of aromatic nitrogens is 11. The van der Waals surface area contributed by atoms with Crippen LogP contribution in [0.25, 0.3) is 44.8 Å². The average molecular weight is 1370 g/mol. The van der Waals surface area contributed by atoms with Crippen LogP contribution in [-0.4, -0.2) is 164 Å². The number of carbonyl (C=O) groups excluding carboxylic acids is 5. The summed E-state index contributed by atoms with van der Waals surface area (Å²) in [5.74, 6) is -2.84. The molecule has 2 aromatic carbocycles. The van der Waals surface area contributed by atoms with Crippen LogP contribution in [0.5, 0.6) is 0 Å². The van der Waals surface area contributed by atoms with Gasteiger partial charge in [-0.1, -0.05) is 79.9 Å². The maximum Gasteiger partial charge on any atom is 0.433 e. The third kappa shape index (κ3) is 14.7. The number of imidazole rings is 2. The van der Waals surface area contributed by atoms with E-state index in [1.807, 2.05) is 48.5 Å². The quantitative estimate of drug-likeness (QED) is 0.0138. The molecule has 0 saturated carbocycles. The molecule has 5 aromatic heterocycles. The number of para-hydroxylation sites is 1. The highest BCUT2D eigenvalue weighted by Gasteiger charge is 2.55. The number of nitrogens with two attached hydrogens (primary N) is 3. The number of carbonyl (C=O) groups is 5. The zero-order valence-electron chi connectivity index (χ0n) is 49.2. The lowest BCUT2D eigenvalue weighted by Crippen LogP contribution is -2.57. The largest absolute Gasteiger partial charge is 0.433 e. The van der Waals surface area contributed by atoms with Gasteiger partial charge in [-0.3, -0.25) is 41.9 Å². The molecule has 7 aromatic rings. The summed E-state index contributed by atoms with van der Waals surface area (Å²) in [5, 5.41) is 22.9. The zero-order chi connectivity index (χ0) is 65.9. The van der Waals surface area contributed by atoms with Crippen molar-refractivity contribution in [3.63, 3.8) is 0 Å². The Balaban J connectivity index is 0.789. The standard InChI is InChI=1S/C53H63FN20O15P2S2/c1-4-10-34(68-48(76)30(15-9-16-58-52(57)78)66-49(77)36(25(2)3)67-33(75)18-74-40-28-13-7-8-14-29(28)59-17-26-11-5-6-12-27(26)37(40)69-71-74)86-53(79)70-87-43-42-32(85-51(43)73-24-65-39-45(56)61-22-63-47(39)73)20-83-90(80,92)88-41-31(19-82-91(81,93)89-42)84-50(35(41)54)72-23-64-38-44(55)60-21-62-46(38)72/h4-8,11-14,21-25,30-32,34-36,41-43,50-51,59H,1,9-10,15-20H2,2-3H3,(H,66,77)(H,67,75)(H,68,76)(H,70,79)(H,80,92)(H,81,93)(H2,55,60,62)(H2,56,61,63)(H3,57,58,78)/t30-,31+,32?,34?,35+,36-,41+,42+,43+,50+,51+,90?,91?/m0/s1. The van der Waals surface area contributed by atoms with Gasteiger partial charge < -0.3 is 67.4 Å². The third-order valence-corrected chi connectivity index (χ3v) is 18.4. The van der Waals surface area contributed by atoms with Gasteiger partial charge in [-0.05, 0) is 42.2 Å². The van der Waals surface area contributed by atoms with Crippen molar-refractivity contribution < 1.29 is 75.0 Å². The van der Waals surface area contributed by atoms with E-state index in [1.54, 1.807) is 13.8 Å². The van der Waals surface area contributed by atoms with Crippen molar-refractivity contribution in [2.24, 2.45) is 11.7 Å². The van der Waals surface area contributed by atoms with Gasteiger partial charge in [0.25, 0.3) is 0 Å². The first-order valence-corrected chi connectivity index (χ1v) is 34.0. The fraction of sp³-hybridized carbons (Fsp3) is 0.415. The molecule has 3 saturated heterocycles. The van der Waals surface area contributed by atoms with Gasteiger partial charge in [-0.15, -0.1) is 11.7 Å². The van der Waals surface area contributed by atoms with Crippen LogP contribution in [0.4, 0.5) is 31.3 Å². The highest BCUT2D eigenvalue weighted by Crippen LogP contribution is 2.59. The van der Waals surface area contributed by atoms with E-state index in [4.69, 9.17) is 66.2 Å². The molecule has 0 spiro atoms. The lowest BCUT2D eigenvalue weighted by Gasteiger charge is -2.30. The molecule has 0 aliphatic carbocycles. The predicted molar refractivity (Wildman–Crippen MR) is 332 cm³/mol. The molecule has 13 N–H and O–H groups in total. The summed E-state index contributed by atoms with van der Waals surface area (Å²) in [4.78, 5) is 111. The van der Waals surface area contributed by atoms with Gasteiger partial charge in [-0.25, -0.2) is 53.1 Å². The van der Waals surface area contributed by atoms with Gasteiger partial charge >= 0.3 is 25.6 Å². The number of hydrogen-bond donors (Lipinski definition) is 11.